The van der Waals surface area contributed by atoms with Gasteiger partial charge in [0.2, 0.25) is 11.7 Å². The van der Waals surface area contributed by atoms with Crippen molar-refractivity contribution in [3.8, 4) is 40.4 Å². The maximum Gasteiger partial charge on any atom is 0.293 e. The minimum atomic E-state index is 0.255. The van der Waals surface area contributed by atoms with Crippen LogP contribution in [-0.2, 0) is 6.61 Å². The van der Waals surface area contributed by atoms with Gasteiger partial charge < -0.3 is 18.4 Å². The topological polar surface area (TPSA) is 83.4 Å². The van der Waals surface area contributed by atoms with Crippen molar-refractivity contribution in [2.24, 2.45) is 0 Å². The van der Waals surface area contributed by atoms with Gasteiger partial charge in [0.25, 0.3) is 5.89 Å². The molecule has 0 aliphatic rings. The average Bonchev–Trinajstić information content (AvgIpc) is 3.50. The zero-order valence-electron chi connectivity index (χ0n) is 16.9. The van der Waals surface area contributed by atoms with E-state index >= 15 is 0 Å². The third-order valence-electron chi connectivity index (χ3n) is 4.54. The number of furan rings is 1. The lowest BCUT2D eigenvalue weighted by Crippen LogP contribution is -1.93. The number of ether oxygens (including phenoxy) is 2. The van der Waals surface area contributed by atoms with E-state index in [9.17, 15) is 0 Å². The Labute approximate surface area is 202 Å². The molecule has 0 unspecified atom stereocenters. The monoisotopic (exact) mass is 523 g/mol. The number of hydrogen-bond acceptors (Lipinski definition) is 7. The lowest BCUT2D eigenvalue weighted by molar-refractivity contribution is 0.270. The van der Waals surface area contributed by atoms with Gasteiger partial charge >= 0.3 is 0 Å². The van der Waals surface area contributed by atoms with Crippen LogP contribution in [-0.4, -0.2) is 15.1 Å². The maximum absolute atomic E-state index is 6.15. The molecule has 0 atom stereocenters. The third kappa shape index (κ3) is 5.08. The minimum absolute atomic E-state index is 0.255. The molecule has 5 rings (SSSR count). The molecule has 0 fully saturated rings. The molecule has 0 amide bonds. The molecule has 7 nitrogen and oxygen atoms in total. The van der Waals surface area contributed by atoms with Gasteiger partial charge in [-0.3, -0.25) is 0 Å². The highest BCUT2D eigenvalue weighted by atomic mass is 79.9. The highest BCUT2D eigenvalue weighted by Gasteiger charge is 2.16. The number of benzene rings is 2. The largest absolute Gasteiger partial charge is 0.486 e. The first kappa shape index (κ1) is 21.2. The van der Waals surface area contributed by atoms with Crippen LogP contribution < -0.4 is 9.47 Å². The number of rotatable bonds is 7. The molecule has 0 bridgehead atoms. The Bertz CT molecular complexity index is 1380. The number of halogens is 2. The second-order valence-corrected chi connectivity index (χ2v) is 8.17. The van der Waals surface area contributed by atoms with Crippen LogP contribution in [0.25, 0.3) is 23.0 Å². The summed E-state index contributed by atoms with van der Waals surface area (Å²) in [5, 5.41) is 4.54. The van der Waals surface area contributed by atoms with Gasteiger partial charge in [-0.15, -0.1) is 0 Å². The Morgan fingerprint density at radius 3 is 2.67 bits per heavy atom. The fourth-order valence-electron chi connectivity index (χ4n) is 2.94. The second kappa shape index (κ2) is 9.48. The van der Waals surface area contributed by atoms with E-state index in [1.54, 1.807) is 42.6 Å². The Morgan fingerprint density at radius 2 is 1.82 bits per heavy atom. The van der Waals surface area contributed by atoms with Crippen LogP contribution in [0.3, 0.4) is 0 Å². The molecule has 0 saturated carbocycles. The summed E-state index contributed by atoms with van der Waals surface area (Å²) in [7, 11) is 0. The van der Waals surface area contributed by atoms with Crippen LogP contribution in [0, 0.1) is 0 Å². The van der Waals surface area contributed by atoms with E-state index in [2.05, 4.69) is 31.1 Å². The molecule has 0 N–H and O–H groups in total. The van der Waals surface area contributed by atoms with Gasteiger partial charge in [-0.05, 0) is 54.6 Å². The quantitative estimate of drug-likeness (QED) is 0.223. The van der Waals surface area contributed by atoms with Crippen LogP contribution >= 0.6 is 27.5 Å². The number of hydrogen-bond donors (Lipinski definition) is 0. The van der Waals surface area contributed by atoms with Gasteiger partial charge in [0.15, 0.2) is 5.76 Å². The predicted octanol–water partition coefficient (Wildman–Crippen LogP) is 7.18. The van der Waals surface area contributed by atoms with Crippen LogP contribution in [0.1, 0.15) is 5.76 Å². The molecule has 2 aromatic carbocycles. The van der Waals surface area contributed by atoms with Crippen LogP contribution in [0.15, 0.2) is 92.4 Å². The third-order valence-corrected chi connectivity index (χ3v) is 5.38. The van der Waals surface area contributed by atoms with Gasteiger partial charge in [-0.1, -0.05) is 44.8 Å². The lowest BCUT2D eigenvalue weighted by atomic mass is 10.2. The van der Waals surface area contributed by atoms with Crippen molar-refractivity contribution in [1.29, 1.82) is 0 Å². The Hall–Kier alpha value is -3.62. The summed E-state index contributed by atoms with van der Waals surface area (Å²) in [6, 6.07) is 21.8. The van der Waals surface area contributed by atoms with Gasteiger partial charge in [-0.2, -0.15) is 4.98 Å². The normalized spacial score (nSPS) is 10.8. The van der Waals surface area contributed by atoms with E-state index in [1.807, 2.05) is 36.4 Å². The summed E-state index contributed by atoms with van der Waals surface area (Å²) in [4.78, 5) is 8.65. The Morgan fingerprint density at radius 1 is 0.970 bits per heavy atom. The Balaban J connectivity index is 1.29. The van der Waals surface area contributed by atoms with Crippen LogP contribution in [0.2, 0.25) is 5.02 Å². The SMILES string of the molecule is Clc1ccccc1Oc1cc(-c2noc(-c3ccc(COc4ccc(Br)cc4)o3)n2)ccn1. The number of nitrogens with zero attached hydrogens (tertiary/aromatic N) is 3. The first-order chi connectivity index (χ1) is 16.1. The maximum atomic E-state index is 6.15. The highest BCUT2D eigenvalue weighted by molar-refractivity contribution is 9.10. The van der Waals surface area contributed by atoms with Crippen LogP contribution in [0.4, 0.5) is 0 Å². The summed E-state index contributed by atoms with van der Waals surface area (Å²) < 4.78 is 23.7. The molecule has 9 heteroatoms. The molecule has 0 aliphatic carbocycles. The molecule has 0 radical (unpaired) electrons. The highest BCUT2D eigenvalue weighted by Crippen LogP contribution is 2.30. The van der Waals surface area contributed by atoms with Crippen molar-refractivity contribution in [2.45, 2.75) is 6.61 Å². The first-order valence-electron chi connectivity index (χ1n) is 9.84. The fraction of sp³-hybridized carbons (Fsp3) is 0.0417. The minimum Gasteiger partial charge on any atom is -0.486 e. The molecule has 0 aliphatic heterocycles. The molecular weight excluding hydrogens is 510 g/mol. The van der Waals surface area contributed by atoms with Gasteiger partial charge in [-0.25, -0.2) is 4.98 Å². The summed E-state index contributed by atoms with van der Waals surface area (Å²) in [5.41, 5.74) is 0.674. The fourth-order valence-corrected chi connectivity index (χ4v) is 3.38. The molecule has 0 spiro atoms. The predicted molar refractivity (Wildman–Crippen MR) is 125 cm³/mol. The lowest BCUT2D eigenvalue weighted by Gasteiger charge is -2.06. The van der Waals surface area contributed by atoms with Crippen molar-refractivity contribution >= 4 is 27.5 Å². The van der Waals surface area contributed by atoms with Gasteiger partial charge in [0.05, 0.1) is 5.02 Å². The average molecular weight is 525 g/mol. The zero-order chi connectivity index (χ0) is 22.6. The molecule has 3 aromatic heterocycles. The van der Waals surface area contributed by atoms with E-state index in [4.69, 9.17) is 30.0 Å². The van der Waals surface area contributed by atoms with Crippen molar-refractivity contribution in [2.75, 3.05) is 0 Å². The first-order valence-corrected chi connectivity index (χ1v) is 11.0. The second-order valence-electron chi connectivity index (χ2n) is 6.85. The summed E-state index contributed by atoms with van der Waals surface area (Å²) >= 11 is 9.55. The van der Waals surface area contributed by atoms with E-state index < -0.39 is 0 Å². The number of pyridine rings is 1. The van der Waals surface area contributed by atoms with Gasteiger partial charge in [0.1, 0.15) is 23.9 Å². The molecule has 33 heavy (non-hydrogen) atoms. The summed E-state index contributed by atoms with van der Waals surface area (Å²) in [6.07, 6.45) is 1.60. The molecule has 3 heterocycles. The number of aromatic nitrogens is 3. The van der Waals surface area contributed by atoms with Crippen molar-refractivity contribution in [3.63, 3.8) is 0 Å². The van der Waals surface area contributed by atoms with Crippen LogP contribution in [0.5, 0.6) is 17.4 Å². The van der Waals surface area contributed by atoms with Gasteiger partial charge in [0, 0.05) is 22.3 Å². The zero-order valence-corrected chi connectivity index (χ0v) is 19.3. The van der Waals surface area contributed by atoms with Crippen molar-refractivity contribution in [1.82, 2.24) is 15.1 Å². The summed E-state index contributed by atoms with van der Waals surface area (Å²) in [5.74, 6) is 3.31. The molecule has 0 saturated heterocycles. The molecule has 164 valence electrons. The van der Waals surface area contributed by atoms with E-state index in [-0.39, 0.29) is 12.5 Å². The molecule has 5 aromatic rings. The summed E-state index contributed by atoms with van der Waals surface area (Å²) in [6.45, 7) is 0.274. The van der Waals surface area contributed by atoms with E-state index in [1.165, 1.54) is 0 Å². The Kier molecular flexibility index (Phi) is 6.10. The van der Waals surface area contributed by atoms with Crippen molar-refractivity contribution in [3.05, 3.63) is 94.2 Å². The van der Waals surface area contributed by atoms with Crippen molar-refractivity contribution < 1.29 is 18.4 Å². The molecular formula is C24H15BrClN3O4. The van der Waals surface area contributed by atoms with E-state index in [0.29, 0.717) is 39.6 Å². The smallest absolute Gasteiger partial charge is 0.293 e. The number of para-hydroxylation sites is 1. The van der Waals surface area contributed by atoms with E-state index in [0.717, 1.165) is 10.2 Å². The standard InChI is InChI=1S/C24H15BrClN3O4/c25-16-5-7-17(8-6-16)30-14-18-9-10-21(31-18)24-28-23(29-33-24)15-11-12-27-22(13-15)32-20-4-2-1-3-19(20)26/h1-13H,14H2.